The van der Waals surface area contributed by atoms with Gasteiger partial charge in [-0.05, 0) is 63.8 Å². The van der Waals surface area contributed by atoms with Crippen molar-refractivity contribution in [3.8, 4) is 5.75 Å². The van der Waals surface area contributed by atoms with E-state index in [4.69, 9.17) is 37.9 Å². The van der Waals surface area contributed by atoms with Gasteiger partial charge in [-0.2, -0.15) is 0 Å². The molecular formula is C25H33ClN6O2. The van der Waals surface area contributed by atoms with E-state index in [-0.39, 0.29) is 18.1 Å². The first-order valence-electron chi connectivity index (χ1n) is 11.2. The molecule has 34 heavy (non-hydrogen) atoms. The second-order valence-corrected chi connectivity index (χ2v) is 8.02. The van der Waals surface area contributed by atoms with Crippen molar-refractivity contribution in [2.75, 3.05) is 31.6 Å². The maximum Gasteiger partial charge on any atom is 0.132 e. The van der Waals surface area contributed by atoms with Crippen molar-refractivity contribution < 1.29 is 9.53 Å². The highest BCUT2D eigenvalue weighted by Crippen LogP contribution is 2.33. The molecule has 5 N–H and O–H groups in total. The van der Waals surface area contributed by atoms with Crippen LogP contribution < -0.4 is 20.7 Å². The van der Waals surface area contributed by atoms with Gasteiger partial charge in [0.25, 0.3) is 0 Å². The van der Waals surface area contributed by atoms with Gasteiger partial charge < -0.3 is 20.6 Å². The van der Waals surface area contributed by atoms with Crippen LogP contribution in [0.4, 0.5) is 5.69 Å². The Kier molecular flexibility index (Phi) is 10.9. The summed E-state index contributed by atoms with van der Waals surface area (Å²) in [5.74, 6) is 0.893. The van der Waals surface area contributed by atoms with E-state index in [2.05, 4.69) is 12.2 Å². The second-order valence-electron chi connectivity index (χ2n) is 7.59. The topological polar surface area (TPSA) is 128 Å². The number of nitrogens with zero attached hydrogens (tertiary/aromatic N) is 2. The lowest BCUT2D eigenvalue weighted by molar-refractivity contribution is -0.107. The average Bonchev–Trinajstić information content (AvgIpc) is 2.94. The van der Waals surface area contributed by atoms with Gasteiger partial charge in [-0.1, -0.05) is 30.7 Å². The molecule has 1 atom stereocenters. The number of aliphatic imine (C=N–C) groups is 1. The standard InChI is InChI=1S/C22H24ClN5O2.C3H9N/c1-14(25)28-20-8-7-17(30-12-2-10-24)13-18(20)21(15-3-5-16(23)6-4-15)27-19(9-11-29)22(28)26;1-3-4-2/h3-8,11,13,19,25-26H,2,9-10,12,24H2,1H3;4H,3H2,1-2H3/t19-;/m0./s1. The van der Waals surface area contributed by atoms with Crippen molar-refractivity contribution in [1.82, 2.24) is 5.32 Å². The highest BCUT2D eigenvalue weighted by atomic mass is 35.5. The van der Waals surface area contributed by atoms with Gasteiger partial charge in [0.15, 0.2) is 0 Å². The molecule has 1 aliphatic heterocycles. The first kappa shape index (κ1) is 27.2. The molecule has 2 aromatic rings. The lowest BCUT2D eigenvalue weighted by Gasteiger charge is -2.26. The number of nitrogens with one attached hydrogen (secondary N) is 3. The zero-order valence-electron chi connectivity index (χ0n) is 19.9. The molecule has 0 bridgehead atoms. The van der Waals surface area contributed by atoms with Crippen molar-refractivity contribution >= 4 is 41.0 Å². The molecule has 1 heterocycles. The van der Waals surface area contributed by atoms with Crippen LogP contribution in [0.15, 0.2) is 47.5 Å². The minimum absolute atomic E-state index is 0.0492. The number of aldehydes is 1. The summed E-state index contributed by atoms with van der Waals surface area (Å²) in [7, 11) is 1.93. The maximum atomic E-state index is 11.3. The van der Waals surface area contributed by atoms with E-state index < -0.39 is 6.04 Å². The number of halogens is 1. The summed E-state index contributed by atoms with van der Waals surface area (Å²) >= 11 is 6.06. The predicted molar refractivity (Wildman–Crippen MR) is 140 cm³/mol. The van der Waals surface area contributed by atoms with Crippen molar-refractivity contribution in [3.05, 3.63) is 58.6 Å². The fourth-order valence-electron chi connectivity index (χ4n) is 3.28. The third-order valence-electron chi connectivity index (χ3n) is 5.05. The molecule has 0 saturated heterocycles. The van der Waals surface area contributed by atoms with Gasteiger partial charge in [-0.15, -0.1) is 0 Å². The molecule has 2 aromatic carbocycles. The summed E-state index contributed by atoms with van der Waals surface area (Å²) in [6.45, 7) is 5.77. The number of nitrogens with two attached hydrogens (primary N) is 1. The van der Waals surface area contributed by atoms with Crippen LogP contribution in [0.3, 0.4) is 0 Å². The lowest BCUT2D eigenvalue weighted by atomic mass is 9.99. The Labute approximate surface area is 206 Å². The molecule has 0 aliphatic carbocycles. The normalized spacial score (nSPS) is 14.9. The molecule has 0 fully saturated rings. The van der Waals surface area contributed by atoms with E-state index in [9.17, 15) is 4.79 Å². The molecule has 0 unspecified atom stereocenters. The van der Waals surface area contributed by atoms with Crippen LogP contribution in [0, 0.1) is 10.8 Å². The zero-order valence-corrected chi connectivity index (χ0v) is 20.7. The Bertz CT molecular complexity index is 1020. The second kappa shape index (κ2) is 13.6. The predicted octanol–water partition coefficient (Wildman–Crippen LogP) is 3.88. The maximum absolute atomic E-state index is 11.3. The van der Waals surface area contributed by atoms with E-state index in [1.165, 1.54) is 4.90 Å². The molecular weight excluding hydrogens is 452 g/mol. The molecule has 3 rings (SSSR count). The number of fused-ring (bicyclic) bond motifs is 1. The Morgan fingerprint density at radius 2 is 1.97 bits per heavy atom. The number of hydrogen-bond donors (Lipinski definition) is 4. The molecule has 0 amide bonds. The Hall–Kier alpha value is -3.07. The number of carbonyl (C=O) groups is 1. The molecule has 0 radical (unpaired) electrons. The largest absolute Gasteiger partial charge is 0.494 e. The number of anilines is 1. The van der Waals surface area contributed by atoms with E-state index >= 15 is 0 Å². The van der Waals surface area contributed by atoms with Gasteiger partial charge in [0, 0.05) is 22.6 Å². The summed E-state index contributed by atoms with van der Waals surface area (Å²) in [6, 6.07) is 12.0. The first-order valence-corrected chi connectivity index (χ1v) is 11.6. The smallest absolute Gasteiger partial charge is 0.132 e. The van der Waals surface area contributed by atoms with E-state index in [1.807, 2.05) is 31.3 Å². The van der Waals surface area contributed by atoms with Gasteiger partial charge in [0.2, 0.25) is 0 Å². The van der Waals surface area contributed by atoms with Crippen molar-refractivity contribution in [2.24, 2.45) is 10.7 Å². The van der Waals surface area contributed by atoms with Crippen LogP contribution in [-0.2, 0) is 4.79 Å². The fraction of sp³-hybridized carbons (Fsp3) is 0.360. The number of benzene rings is 2. The monoisotopic (exact) mass is 484 g/mol. The first-order chi connectivity index (χ1) is 16.4. The number of ether oxygens (including phenoxy) is 1. The summed E-state index contributed by atoms with van der Waals surface area (Å²) in [5, 5.41) is 20.4. The van der Waals surface area contributed by atoms with Gasteiger partial charge in [-0.3, -0.25) is 20.7 Å². The number of benzodiazepines with no additional fused rings is 1. The fourth-order valence-corrected chi connectivity index (χ4v) is 3.41. The minimum Gasteiger partial charge on any atom is -0.494 e. The third kappa shape index (κ3) is 6.96. The SMILES string of the molecule is CC(=N)N1C(=N)[C@H](CC=O)N=C(c2ccc(Cl)cc2)c2cc(OCCCN)ccc21.CCNC. The summed E-state index contributed by atoms with van der Waals surface area (Å²) < 4.78 is 5.82. The van der Waals surface area contributed by atoms with Crippen LogP contribution in [0.1, 0.15) is 37.8 Å². The van der Waals surface area contributed by atoms with Gasteiger partial charge in [-0.25, -0.2) is 0 Å². The van der Waals surface area contributed by atoms with Crippen LogP contribution in [0.25, 0.3) is 0 Å². The van der Waals surface area contributed by atoms with Crippen molar-refractivity contribution in [1.29, 1.82) is 10.8 Å². The lowest BCUT2D eigenvalue weighted by Crippen LogP contribution is -2.40. The van der Waals surface area contributed by atoms with Crippen LogP contribution >= 0.6 is 11.6 Å². The summed E-state index contributed by atoms with van der Waals surface area (Å²) in [5.41, 5.74) is 8.32. The molecule has 182 valence electrons. The number of amidine groups is 2. The quantitative estimate of drug-likeness (QED) is 0.195. The van der Waals surface area contributed by atoms with Gasteiger partial charge in [0.05, 0.1) is 18.0 Å². The van der Waals surface area contributed by atoms with Crippen LogP contribution in [-0.4, -0.2) is 56.5 Å². The molecule has 1 aliphatic rings. The Morgan fingerprint density at radius 1 is 1.29 bits per heavy atom. The average molecular weight is 485 g/mol. The highest BCUT2D eigenvalue weighted by molar-refractivity contribution is 6.31. The minimum atomic E-state index is -0.706. The molecule has 0 saturated carbocycles. The highest BCUT2D eigenvalue weighted by Gasteiger charge is 2.30. The zero-order chi connectivity index (χ0) is 25.1. The number of rotatable bonds is 8. The number of carbonyl (C=O) groups excluding carboxylic acids is 1. The van der Waals surface area contributed by atoms with E-state index in [1.54, 1.807) is 25.1 Å². The molecule has 9 heteroatoms. The van der Waals surface area contributed by atoms with E-state index in [0.29, 0.717) is 40.9 Å². The molecule has 8 nitrogen and oxygen atoms in total. The van der Waals surface area contributed by atoms with Gasteiger partial charge in [0.1, 0.15) is 29.7 Å². The van der Waals surface area contributed by atoms with Crippen LogP contribution in [0.5, 0.6) is 5.75 Å². The van der Waals surface area contributed by atoms with Crippen LogP contribution in [0.2, 0.25) is 5.02 Å². The third-order valence-corrected chi connectivity index (χ3v) is 5.30. The summed E-state index contributed by atoms with van der Waals surface area (Å²) in [4.78, 5) is 17.6. The molecule has 0 aromatic heterocycles. The van der Waals surface area contributed by atoms with Crippen molar-refractivity contribution in [2.45, 2.75) is 32.7 Å². The number of hydrogen-bond acceptors (Lipinski definition) is 7. The summed E-state index contributed by atoms with van der Waals surface area (Å²) in [6.07, 6.45) is 1.53. The molecule has 0 spiro atoms. The van der Waals surface area contributed by atoms with Crippen molar-refractivity contribution in [3.63, 3.8) is 0 Å². The Morgan fingerprint density at radius 3 is 2.53 bits per heavy atom. The van der Waals surface area contributed by atoms with Gasteiger partial charge >= 0.3 is 0 Å². The Balaban J connectivity index is 0.000000945. The van der Waals surface area contributed by atoms with E-state index in [0.717, 1.165) is 24.8 Å².